The van der Waals surface area contributed by atoms with Crippen LogP contribution >= 0.6 is 12.4 Å². The zero-order valence-electron chi connectivity index (χ0n) is 13.7. The summed E-state index contributed by atoms with van der Waals surface area (Å²) in [5.74, 6) is -0.606. The first kappa shape index (κ1) is 18.8. The van der Waals surface area contributed by atoms with E-state index in [-0.39, 0.29) is 24.1 Å². The number of benzene rings is 1. The summed E-state index contributed by atoms with van der Waals surface area (Å²) in [5.41, 5.74) is 7.10. The molecular weight excluding hydrogens is 334 g/mol. The van der Waals surface area contributed by atoms with Gasteiger partial charge in [-0.15, -0.1) is 12.4 Å². The summed E-state index contributed by atoms with van der Waals surface area (Å²) in [4.78, 5) is 2.34. The van der Waals surface area contributed by atoms with Crippen LogP contribution in [0.5, 0.6) is 0 Å². The highest BCUT2D eigenvalue weighted by molar-refractivity contribution is 5.85. The first-order chi connectivity index (χ1) is 11.0. The smallest absolute Gasteiger partial charge is 0.151 e. The minimum absolute atomic E-state index is 0. The van der Waals surface area contributed by atoms with Gasteiger partial charge in [0.05, 0.1) is 5.69 Å². The van der Waals surface area contributed by atoms with E-state index in [2.05, 4.69) is 16.9 Å². The molecule has 2 aromatic rings. The molecule has 0 spiro atoms. The van der Waals surface area contributed by atoms with Crippen LogP contribution in [0, 0.1) is 17.6 Å². The Morgan fingerprint density at radius 3 is 2.58 bits per heavy atom. The molecule has 1 atom stereocenters. The molecule has 7 heteroatoms. The lowest BCUT2D eigenvalue weighted by Gasteiger charge is -2.33. The Morgan fingerprint density at radius 1 is 1.25 bits per heavy atom. The van der Waals surface area contributed by atoms with Crippen molar-refractivity contribution in [3.63, 3.8) is 0 Å². The molecule has 2 heterocycles. The van der Waals surface area contributed by atoms with E-state index >= 15 is 0 Å². The number of hydrogen-bond donors (Lipinski definition) is 1. The van der Waals surface area contributed by atoms with Gasteiger partial charge in [0, 0.05) is 24.8 Å². The molecule has 3 rings (SSSR count). The normalized spacial score (nSPS) is 17.5. The van der Waals surface area contributed by atoms with Crippen molar-refractivity contribution in [1.82, 2.24) is 14.7 Å². The van der Waals surface area contributed by atoms with Crippen molar-refractivity contribution in [2.24, 2.45) is 11.7 Å². The van der Waals surface area contributed by atoms with E-state index in [4.69, 9.17) is 5.73 Å². The summed E-state index contributed by atoms with van der Waals surface area (Å²) < 4.78 is 28.2. The number of nitrogens with zero attached hydrogens (tertiary/aromatic N) is 3. The minimum atomic E-state index is -0.614. The monoisotopic (exact) mass is 356 g/mol. The van der Waals surface area contributed by atoms with Crippen LogP contribution in [0.2, 0.25) is 0 Å². The summed E-state index contributed by atoms with van der Waals surface area (Å²) in [7, 11) is 0. The van der Waals surface area contributed by atoms with Crippen molar-refractivity contribution in [3.8, 4) is 5.69 Å². The molecule has 0 saturated carbocycles. The Morgan fingerprint density at radius 2 is 1.96 bits per heavy atom. The van der Waals surface area contributed by atoms with Crippen LogP contribution in [0.3, 0.4) is 0 Å². The fourth-order valence-electron chi connectivity index (χ4n) is 3.11. The molecule has 4 nitrogen and oxygen atoms in total. The third-order valence-corrected chi connectivity index (χ3v) is 4.56. The SMILES string of the molecule is CC(N)C1CCN(Cc2ccn(-c3ccc(F)cc3F)n2)CC1.Cl. The van der Waals surface area contributed by atoms with Gasteiger partial charge in [0.2, 0.25) is 0 Å². The summed E-state index contributed by atoms with van der Waals surface area (Å²) in [6, 6.07) is 5.63. The molecule has 0 amide bonds. The lowest BCUT2D eigenvalue weighted by molar-refractivity contribution is 0.164. The predicted octanol–water partition coefficient (Wildman–Crippen LogP) is 3.13. The first-order valence-electron chi connectivity index (χ1n) is 8.01. The van der Waals surface area contributed by atoms with Crippen molar-refractivity contribution in [2.45, 2.75) is 32.4 Å². The highest BCUT2D eigenvalue weighted by Crippen LogP contribution is 2.21. The highest BCUT2D eigenvalue weighted by Gasteiger charge is 2.22. The summed E-state index contributed by atoms with van der Waals surface area (Å²) in [6.07, 6.45) is 3.91. The molecule has 1 aliphatic heterocycles. The lowest BCUT2D eigenvalue weighted by atomic mass is 9.91. The van der Waals surface area contributed by atoms with Gasteiger partial charge in [0.15, 0.2) is 5.82 Å². The van der Waals surface area contributed by atoms with Crippen LogP contribution in [-0.2, 0) is 6.54 Å². The Balaban J connectivity index is 0.00000208. The molecule has 1 aromatic heterocycles. The molecule has 1 fully saturated rings. The van der Waals surface area contributed by atoms with E-state index in [9.17, 15) is 8.78 Å². The van der Waals surface area contributed by atoms with E-state index < -0.39 is 11.6 Å². The zero-order valence-corrected chi connectivity index (χ0v) is 14.5. The average molecular weight is 357 g/mol. The maximum atomic E-state index is 13.8. The average Bonchev–Trinajstić information content (AvgIpc) is 2.96. The van der Waals surface area contributed by atoms with Gasteiger partial charge in [-0.25, -0.2) is 13.5 Å². The zero-order chi connectivity index (χ0) is 16.4. The molecule has 1 aromatic carbocycles. The second-order valence-corrected chi connectivity index (χ2v) is 6.32. The molecule has 1 unspecified atom stereocenters. The fraction of sp³-hybridized carbons (Fsp3) is 0.471. The van der Waals surface area contributed by atoms with Crippen LogP contribution in [-0.4, -0.2) is 33.8 Å². The molecule has 1 aliphatic rings. The number of aromatic nitrogens is 2. The topological polar surface area (TPSA) is 47.1 Å². The Hall–Kier alpha value is -1.50. The molecular formula is C17H23ClF2N4. The van der Waals surface area contributed by atoms with Crippen LogP contribution in [0.1, 0.15) is 25.5 Å². The standard InChI is InChI=1S/C17H22F2N4.ClH/c1-12(20)13-4-7-22(8-5-13)11-15-6-9-23(21-15)17-3-2-14(18)10-16(17)19;/h2-3,6,9-10,12-13H,4-5,7-8,11,20H2,1H3;1H. The Kier molecular flexibility index (Phi) is 6.32. The van der Waals surface area contributed by atoms with Crippen molar-refractivity contribution in [2.75, 3.05) is 13.1 Å². The third-order valence-electron chi connectivity index (χ3n) is 4.56. The van der Waals surface area contributed by atoms with Crippen molar-refractivity contribution >= 4 is 12.4 Å². The second kappa shape index (κ2) is 8.05. The summed E-state index contributed by atoms with van der Waals surface area (Å²) >= 11 is 0. The number of likely N-dealkylation sites (tertiary alicyclic amines) is 1. The molecule has 1 saturated heterocycles. The van der Waals surface area contributed by atoms with Gasteiger partial charge in [-0.1, -0.05) is 0 Å². The van der Waals surface area contributed by atoms with E-state index in [0.29, 0.717) is 5.92 Å². The van der Waals surface area contributed by atoms with Crippen LogP contribution < -0.4 is 5.73 Å². The van der Waals surface area contributed by atoms with Crippen LogP contribution in [0.15, 0.2) is 30.5 Å². The predicted molar refractivity (Wildman–Crippen MR) is 92.4 cm³/mol. The molecule has 132 valence electrons. The first-order valence-corrected chi connectivity index (χ1v) is 8.01. The second-order valence-electron chi connectivity index (χ2n) is 6.32. The quantitative estimate of drug-likeness (QED) is 0.915. The lowest BCUT2D eigenvalue weighted by Crippen LogP contribution is -2.39. The third kappa shape index (κ3) is 4.32. The fourth-order valence-corrected chi connectivity index (χ4v) is 3.11. The van der Waals surface area contributed by atoms with Gasteiger partial charge >= 0.3 is 0 Å². The van der Waals surface area contributed by atoms with Gasteiger partial charge in [0.1, 0.15) is 11.5 Å². The Bertz CT molecular complexity index is 666. The molecule has 0 bridgehead atoms. The molecule has 0 aliphatic carbocycles. The maximum Gasteiger partial charge on any atom is 0.151 e. The Labute approximate surface area is 147 Å². The van der Waals surface area contributed by atoms with Crippen molar-refractivity contribution in [3.05, 3.63) is 47.8 Å². The van der Waals surface area contributed by atoms with Crippen molar-refractivity contribution in [1.29, 1.82) is 0 Å². The maximum absolute atomic E-state index is 13.8. The van der Waals surface area contributed by atoms with E-state index in [1.165, 1.54) is 16.8 Å². The van der Waals surface area contributed by atoms with Gasteiger partial charge < -0.3 is 5.73 Å². The highest BCUT2D eigenvalue weighted by atomic mass is 35.5. The van der Waals surface area contributed by atoms with Gasteiger partial charge in [-0.2, -0.15) is 5.10 Å². The molecule has 2 N–H and O–H groups in total. The van der Waals surface area contributed by atoms with Gasteiger partial charge in [-0.05, 0) is 57.0 Å². The summed E-state index contributed by atoms with van der Waals surface area (Å²) in [5, 5.41) is 4.41. The van der Waals surface area contributed by atoms with Crippen LogP contribution in [0.25, 0.3) is 5.69 Å². The molecule has 0 radical (unpaired) electrons. The van der Waals surface area contributed by atoms with E-state index in [1.54, 1.807) is 6.20 Å². The number of nitrogens with two attached hydrogens (primary N) is 1. The number of hydrogen-bond acceptors (Lipinski definition) is 3. The minimum Gasteiger partial charge on any atom is -0.328 e. The largest absolute Gasteiger partial charge is 0.328 e. The van der Waals surface area contributed by atoms with E-state index in [0.717, 1.165) is 44.2 Å². The van der Waals surface area contributed by atoms with Gasteiger partial charge in [0.25, 0.3) is 0 Å². The van der Waals surface area contributed by atoms with E-state index in [1.807, 2.05) is 6.07 Å². The number of halogens is 3. The van der Waals surface area contributed by atoms with Gasteiger partial charge in [-0.3, -0.25) is 4.90 Å². The molecule has 24 heavy (non-hydrogen) atoms. The van der Waals surface area contributed by atoms with Crippen molar-refractivity contribution < 1.29 is 8.78 Å². The van der Waals surface area contributed by atoms with Crippen LogP contribution in [0.4, 0.5) is 8.78 Å². The number of piperidine rings is 1. The number of rotatable bonds is 4. The summed E-state index contributed by atoms with van der Waals surface area (Å²) in [6.45, 7) is 4.81.